The number of benzene rings is 1. The van der Waals surface area contributed by atoms with E-state index in [2.05, 4.69) is 10.3 Å². The van der Waals surface area contributed by atoms with E-state index in [1.165, 1.54) is 6.42 Å². The average Bonchev–Trinajstić information content (AvgIpc) is 3.09. The Morgan fingerprint density at radius 1 is 1.41 bits per heavy atom. The first-order valence-corrected chi connectivity index (χ1v) is 7.58. The Kier molecular flexibility index (Phi) is 4.48. The van der Waals surface area contributed by atoms with Gasteiger partial charge in [0, 0.05) is 20.2 Å². The minimum atomic E-state index is -0.0275. The number of hydrogen-bond acceptors (Lipinski definition) is 4. The van der Waals surface area contributed by atoms with Crippen molar-refractivity contribution in [3.8, 4) is 5.69 Å². The lowest BCUT2D eigenvalue weighted by Gasteiger charge is -2.27. The molecule has 3 rings (SSSR count). The largest absolute Gasteiger partial charge is 0.376 e. The molecule has 2 heterocycles. The Balaban J connectivity index is 1.77. The standard InChI is InChI=1S/C16H20N4O2/c1-19(12-13-6-4-5-11-22-13)16(21)14-7-2-3-8-15(14)20-10-9-17-18-20/h2-3,7-10,13H,4-6,11-12H2,1H3. The molecule has 6 nitrogen and oxygen atoms in total. The zero-order chi connectivity index (χ0) is 15.4. The summed E-state index contributed by atoms with van der Waals surface area (Å²) in [6.07, 6.45) is 6.77. The fraction of sp³-hybridized carbons (Fsp3) is 0.438. The van der Waals surface area contributed by atoms with E-state index in [1.807, 2.05) is 31.3 Å². The number of carbonyl (C=O) groups excluding carboxylic acids is 1. The number of ether oxygens (including phenoxy) is 1. The zero-order valence-electron chi connectivity index (χ0n) is 12.7. The summed E-state index contributed by atoms with van der Waals surface area (Å²) in [6, 6.07) is 7.43. The summed E-state index contributed by atoms with van der Waals surface area (Å²) < 4.78 is 7.32. The van der Waals surface area contributed by atoms with E-state index in [-0.39, 0.29) is 12.0 Å². The van der Waals surface area contributed by atoms with Crippen molar-refractivity contribution in [2.45, 2.75) is 25.4 Å². The van der Waals surface area contributed by atoms with Gasteiger partial charge < -0.3 is 9.64 Å². The predicted molar refractivity (Wildman–Crippen MR) is 81.9 cm³/mol. The monoisotopic (exact) mass is 300 g/mol. The van der Waals surface area contributed by atoms with Gasteiger partial charge >= 0.3 is 0 Å². The van der Waals surface area contributed by atoms with Crippen molar-refractivity contribution in [2.75, 3.05) is 20.2 Å². The van der Waals surface area contributed by atoms with Crippen LogP contribution in [0.3, 0.4) is 0 Å². The second-order valence-corrected chi connectivity index (χ2v) is 5.54. The van der Waals surface area contributed by atoms with Gasteiger partial charge in [-0.2, -0.15) is 0 Å². The number of likely N-dealkylation sites (N-methyl/N-ethyl adjacent to an activating group) is 1. The fourth-order valence-electron chi connectivity index (χ4n) is 2.74. The molecule has 0 bridgehead atoms. The van der Waals surface area contributed by atoms with Gasteiger partial charge in [0.2, 0.25) is 0 Å². The number of amides is 1. The summed E-state index contributed by atoms with van der Waals surface area (Å²) in [5.74, 6) is -0.0275. The van der Waals surface area contributed by atoms with Crippen LogP contribution in [0.15, 0.2) is 36.7 Å². The molecule has 116 valence electrons. The summed E-state index contributed by atoms with van der Waals surface area (Å²) in [4.78, 5) is 14.5. The van der Waals surface area contributed by atoms with Gasteiger partial charge in [0.25, 0.3) is 5.91 Å². The molecule has 1 fully saturated rings. The van der Waals surface area contributed by atoms with Crippen LogP contribution in [0.5, 0.6) is 0 Å². The van der Waals surface area contributed by atoms with Gasteiger partial charge in [-0.15, -0.1) is 5.10 Å². The van der Waals surface area contributed by atoms with Crippen molar-refractivity contribution in [1.82, 2.24) is 19.9 Å². The number of nitrogens with zero attached hydrogens (tertiary/aromatic N) is 4. The maximum atomic E-state index is 12.7. The maximum Gasteiger partial charge on any atom is 0.255 e. The normalized spacial score (nSPS) is 18.1. The molecule has 0 spiro atoms. The molecule has 1 aliphatic heterocycles. The fourth-order valence-corrected chi connectivity index (χ4v) is 2.74. The second-order valence-electron chi connectivity index (χ2n) is 5.54. The van der Waals surface area contributed by atoms with Crippen LogP contribution in [0.25, 0.3) is 5.69 Å². The van der Waals surface area contributed by atoms with Gasteiger partial charge in [0.05, 0.1) is 29.7 Å². The van der Waals surface area contributed by atoms with Crippen molar-refractivity contribution >= 4 is 5.91 Å². The van der Waals surface area contributed by atoms with Crippen molar-refractivity contribution in [2.24, 2.45) is 0 Å². The molecule has 0 N–H and O–H groups in total. The Bertz CT molecular complexity index is 621. The number of carbonyl (C=O) groups is 1. The molecule has 0 aliphatic carbocycles. The Morgan fingerprint density at radius 3 is 3.00 bits per heavy atom. The van der Waals surface area contributed by atoms with E-state index in [0.29, 0.717) is 12.1 Å². The number of aromatic nitrogens is 3. The topological polar surface area (TPSA) is 60.2 Å². The minimum absolute atomic E-state index is 0.0275. The lowest BCUT2D eigenvalue weighted by molar-refractivity contribution is -0.000190. The third-order valence-electron chi connectivity index (χ3n) is 3.90. The summed E-state index contributed by atoms with van der Waals surface area (Å²) in [7, 11) is 1.82. The molecule has 0 radical (unpaired) electrons. The van der Waals surface area contributed by atoms with E-state index in [9.17, 15) is 4.79 Å². The van der Waals surface area contributed by atoms with Crippen LogP contribution in [0.1, 0.15) is 29.6 Å². The van der Waals surface area contributed by atoms with Crippen LogP contribution in [0.4, 0.5) is 0 Å². The van der Waals surface area contributed by atoms with Crippen molar-refractivity contribution in [3.63, 3.8) is 0 Å². The number of hydrogen-bond donors (Lipinski definition) is 0. The van der Waals surface area contributed by atoms with E-state index in [0.717, 1.165) is 25.1 Å². The molecule has 2 aromatic rings. The molecule has 1 atom stereocenters. The third kappa shape index (κ3) is 3.17. The van der Waals surface area contributed by atoms with Gasteiger partial charge in [-0.3, -0.25) is 4.79 Å². The molecule has 6 heteroatoms. The van der Waals surface area contributed by atoms with E-state index in [4.69, 9.17) is 4.74 Å². The quantitative estimate of drug-likeness (QED) is 0.865. The van der Waals surface area contributed by atoms with Gasteiger partial charge in [-0.25, -0.2) is 4.68 Å². The summed E-state index contributed by atoms with van der Waals surface area (Å²) in [6.45, 7) is 1.41. The SMILES string of the molecule is CN(CC1CCCCO1)C(=O)c1ccccc1-n1ccnn1. The molecule has 1 aliphatic rings. The molecule has 1 saturated heterocycles. The molecule has 1 aromatic heterocycles. The minimum Gasteiger partial charge on any atom is -0.376 e. The first-order valence-electron chi connectivity index (χ1n) is 7.58. The van der Waals surface area contributed by atoms with Crippen LogP contribution < -0.4 is 0 Å². The smallest absolute Gasteiger partial charge is 0.255 e. The highest BCUT2D eigenvalue weighted by molar-refractivity contribution is 5.97. The summed E-state index contributed by atoms with van der Waals surface area (Å²) in [5.41, 5.74) is 1.35. The van der Waals surface area contributed by atoms with Crippen molar-refractivity contribution in [3.05, 3.63) is 42.2 Å². The second kappa shape index (κ2) is 6.70. The first-order chi connectivity index (χ1) is 10.8. The van der Waals surface area contributed by atoms with E-state index in [1.54, 1.807) is 22.0 Å². The Morgan fingerprint density at radius 2 is 2.27 bits per heavy atom. The number of para-hydroxylation sites is 1. The Labute approximate surface area is 129 Å². The molecule has 1 aromatic carbocycles. The van der Waals surface area contributed by atoms with Gasteiger partial charge in [-0.05, 0) is 31.4 Å². The molecule has 0 saturated carbocycles. The van der Waals surface area contributed by atoms with Crippen molar-refractivity contribution in [1.29, 1.82) is 0 Å². The van der Waals surface area contributed by atoms with Crippen LogP contribution in [-0.4, -0.2) is 52.1 Å². The maximum absolute atomic E-state index is 12.7. The highest BCUT2D eigenvalue weighted by atomic mass is 16.5. The van der Waals surface area contributed by atoms with Crippen LogP contribution >= 0.6 is 0 Å². The molecule has 1 amide bonds. The summed E-state index contributed by atoms with van der Waals surface area (Å²) in [5, 5.41) is 7.78. The van der Waals surface area contributed by atoms with E-state index >= 15 is 0 Å². The van der Waals surface area contributed by atoms with Gasteiger partial charge in [0.1, 0.15) is 0 Å². The molecular weight excluding hydrogens is 280 g/mol. The lowest BCUT2D eigenvalue weighted by Crippen LogP contribution is -2.37. The molecule has 22 heavy (non-hydrogen) atoms. The first kappa shape index (κ1) is 14.7. The average molecular weight is 300 g/mol. The highest BCUT2D eigenvalue weighted by Gasteiger charge is 2.21. The van der Waals surface area contributed by atoms with E-state index < -0.39 is 0 Å². The molecule has 1 unspecified atom stereocenters. The van der Waals surface area contributed by atoms with Gasteiger partial charge in [0.15, 0.2) is 0 Å². The number of rotatable bonds is 4. The molecular formula is C16H20N4O2. The summed E-state index contributed by atoms with van der Waals surface area (Å²) >= 11 is 0. The lowest BCUT2D eigenvalue weighted by atomic mass is 10.1. The van der Waals surface area contributed by atoms with Crippen LogP contribution in [-0.2, 0) is 4.74 Å². The Hall–Kier alpha value is -2.21. The van der Waals surface area contributed by atoms with Crippen LogP contribution in [0, 0.1) is 0 Å². The highest BCUT2D eigenvalue weighted by Crippen LogP contribution is 2.17. The van der Waals surface area contributed by atoms with Gasteiger partial charge in [-0.1, -0.05) is 17.3 Å². The van der Waals surface area contributed by atoms with Crippen molar-refractivity contribution < 1.29 is 9.53 Å². The predicted octanol–water partition coefficient (Wildman–Crippen LogP) is 1.91. The van der Waals surface area contributed by atoms with Crippen LogP contribution in [0.2, 0.25) is 0 Å². The third-order valence-corrected chi connectivity index (χ3v) is 3.90. The zero-order valence-corrected chi connectivity index (χ0v) is 12.7.